The van der Waals surface area contributed by atoms with Crippen LogP contribution in [0.3, 0.4) is 0 Å². The molecule has 1 atom stereocenters. The van der Waals surface area contributed by atoms with Gasteiger partial charge in [-0.15, -0.1) is 0 Å². The van der Waals surface area contributed by atoms with Gasteiger partial charge in [-0.05, 0) is 52.9 Å². The quantitative estimate of drug-likeness (QED) is 0.325. The Balaban J connectivity index is 1.80. The standard InChI is InChI=1S/C15H18BrF2N2O3PS/c1-20-8-7-19-15(20)25-9-3-2-4-11-5-6-13(12(16)10-11)23-24(21,22)14(17)18/h5-8,10,14H,2-4,9H2,1H3,(H,21,22). The first kappa shape index (κ1) is 20.4. The minimum absolute atomic E-state index is 0.0692. The zero-order chi connectivity index (χ0) is 18.4. The van der Waals surface area contributed by atoms with Gasteiger partial charge in [0.05, 0.1) is 4.47 Å². The molecule has 1 N–H and O–H groups in total. The second-order valence-corrected chi connectivity index (χ2v) is 8.94. The largest absolute Gasteiger partial charge is 0.442 e. The molecule has 0 aliphatic carbocycles. The maximum absolute atomic E-state index is 12.4. The first-order valence-electron chi connectivity index (χ1n) is 7.48. The third kappa shape index (κ3) is 6.09. The summed E-state index contributed by atoms with van der Waals surface area (Å²) in [7, 11) is -3.01. The maximum Gasteiger partial charge on any atom is 0.442 e. The number of benzene rings is 1. The molecule has 0 aliphatic heterocycles. The van der Waals surface area contributed by atoms with E-state index in [0.717, 1.165) is 35.7 Å². The molecule has 0 saturated heterocycles. The molecule has 0 amide bonds. The number of aryl methyl sites for hydroxylation is 2. The van der Waals surface area contributed by atoms with Crippen LogP contribution in [0.25, 0.3) is 0 Å². The van der Waals surface area contributed by atoms with E-state index >= 15 is 0 Å². The number of nitrogens with zero attached hydrogens (tertiary/aromatic N) is 2. The molecule has 0 radical (unpaired) electrons. The summed E-state index contributed by atoms with van der Waals surface area (Å²) in [5.41, 5.74) is 0.992. The van der Waals surface area contributed by atoms with Gasteiger partial charge < -0.3 is 14.0 Å². The van der Waals surface area contributed by atoms with Gasteiger partial charge in [-0.2, -0.15) is 8.78 Å². The van der Waals surface area contributed by atoms with E-state index in [-0.39, 0.29) is 5.75 Å². The van der Waals surface area contributed by atoms with Gasteiger partial charge in [0.15, 0.2) is 5.16 Å². The van der Waals surface area contributed by atoms with Crippen LogP contribution in [0, 0.1) is 0 Å². The van der Waals surface area contributed by atoms with Crippen LogP contribution in [0.1, 0.15) is 18.4 Å². The van der Waals surface area contributed by atoms with E-state index in [1.807, 2.05) is 17.8 Å². The maximum atomic E-state index is 12.4. The fraction of sp³-hybridized carbons (Fsp3) is 0.400. The van der Waals surface area contributed by atoms with Crippen LogP contribution in [-0.4, -0.2) is 26.4 Å². The number of imidazole rings is 1. The molecule has 1 aromatic carbocycles. The number of alkyl halides is 2. The van der Waals surface area contributed by atoms with E-state index < -0.39 is 13.8 Å². The Labute approximate surface area is 157 Å². The summed E-state index contributed by atoms with van der Waals surface area (Å²) in [5, 5.41) is 0.983. The number of unbranched alkanes of at least 4 members (excludes halogenated alkanes) is 1. The number of hydrogen-bond acceptors (Lipinski definition) is 4. The van der Waals surface area contributed by atoms with E-state index in [1.54, 1.807) is 30.1 Å². The van der Waals surface area contributed by atoms with Crippen molar-refractivity contribution in [3.8, 4) is 5.75 Å². The molecule has 25 heavy (non-hydrogen) atoms. The first-order chi connectivity index (χ1) is 11.8. The summed E-state index contributed by atoms with van der Waals surface area (Å²) in [6.07, 6.45) is 3.01. The van der Waals surface area contributed by atoms with E-state index in [9.17, 15) is 13.3 Å². The molecule has 10 heteroatoms. The van der Waals surface area contributed by atoms with Crippen molar-refractivity contribution in [1.29, 1.82) is 0 Å². The average molecular weight is 455 g/mol. The highest BCUT2D eigenvalue weighted by Crippen LogP contribution is 2.50. The molecule has 1 heterocycles. The van der Waals surface area contributed by atoms with E-state index in [2.05, 4.69) is 25.4 Å². The zero-order valence-electron chi connectivity index (χ0n) is 13.4. The highest BCUT2D eigenvalue weighted by molar-refractivity contribution is 9.10. The second kappa shape index (κ2) is 9.16. The van der Waals surface area contributed by atoms with Crippen LogP contribution in [-0.2, 0) is 18.0 Å². The summed E-state index contributed by atoms with van der Waals surface area (Å²) in [5.74, 6) is 0.884. The van der Waals surface area contributed by atoms with Crippen LogP contribution in [0.2, 0.25) is 0 Å². The lowest BCUT2D eigenvalue weighted by Crippen LogP contribution is -2.01. The fourth-order valence-electron chi connectivity index (χ4n) is 2.04. The average Bonchev–Trinajstić information content (AvgIpc) is 2.94. The smallest absolute Gasteiger partial charge is 0.420 e. The van der Waals surface area contributed by atoms with Crippen molar-refractivity contribution in [2.75, 3.05) is 5.75 Å². The summed E-state index contributed by atoms with van der Waals surface area (Å²) in [4.78, 5) is 13.3. The predicted molar refractivity (Wildman–Crippen MR) is 97.5 cm³/mol. The van der Waals surface area contributed by atoms with Gasteiger partial charge in [0.1, 0.15) is 5.75 Å². The Kier molecular flexibility index (Phi) is 7.49. The number of hydrogen-bond donors (Lipinski definition) is 1. The number of aromatic nitrogens is 2. The van der Waals surface area contributed by atoms with Crippen LogP contribution in [0.5, 0.6) is 5.75 Å². The van der Waals surface area contributed by atoms with Crippen molar-refractivity contribution in [3.63, 3.8) is 0 Å². The minimum Gasteiger partial charge on any atom is -0.420 e. The van der Waals surface area contributed by atoms with Crippen molar-refractivity contribution >= 4 is 35.3 Å². The highest BCUT2D eigenvalue weighted by Gasteiger charge is 2.34. The van der Waals surface area contributed by atoms with Gasteiger partial charge in [-0.25, -0.2) is 9.55 Å². The molecule has 138 valence electrons. The van der Waals surface area contributed by atoms with Gasteiger partial charge in [0, 0.05) is 25.2 Å². The van der Waals surface area contributed by atoms with Crippen LogP contribution in [0.4, 0.5) is 8.78 Å². The Morgan fingerprint density at radius 1 is 1.44 bits per heavy atom. The normalized spacial score (nSPS) is 13.8. The van der Waals surface area contributed by atoms with Crippen LogP contribution in [0.15, 0.2) is 40.2 Å². The molecule has 2 aromatic rings. The molecule has 0 aliphatic rings. The molecule has 1 unspecified atom stereocenters. The molecular weight excluding hydrogens is 437 g/mol. The predicted octanol–water partition coefficient (Wildman–Crippen LogP) is 5.08. The van der Waals surface area contributed by atoms with E-state index in [0.29, 0.717) is 4.47 Å². The van der Waals surface area contributed by atoms with Gasteiger partial charge in [0.2, 0.25) is 0 Å². The molecule has 0 fully saturated rings. The van der Waals surface area contributed by atoms with Gasteiger partial charge in [0.25, 0.3) is 0 Å². The van der Waals surface area contributed by atoms with E-state index in [4.69, 9.17) is 4.89 Å². The third-order valence-electron chi connectivity index (χ3n) is 3.34. The minimum atomic E-state index is -4.96. The highest BCUT2D eigenvalue weighted by atomic mass is 79.9. The van der Waals surface area contributed by atoms with Gasteiger partial charge >= 0.3 is 13.8 Å². The van der Waals surface area contributed by atoms with Crippen molar-refractivity contribution in [2.24, 2.45) is 7.05 Å². The second-order valence-electron chi connectivity index (χ2n) is 5.32. The summed E-state index contributed by atoms with van der Waals surface area (Å²) in [6.45, 7) is 0. The van der Waals surface area contributed by atoms with Gasteiger partial charge in [-0.3, -0.25) is 0 Å². The van der Waals surface area contributed by atoms with Crippen molar-refractivity contribution in [1.82, 2.24) is 9.55 Å². The molecule has 0 saturated carbocycles. The van der Waals surface area contributed by atoms with E-state index in [1.165, 1.54) is 6.07 Å². The number of rotatable bonds is 9. The van der Waals surface area contributed by atoms with Gasteiger partial charge in [-0.1, -0.05) is 17.8 Å². The molecule has 0 bridgehead atoms. The molecule has 2 rings (SSSR count). The van der Waals surface area contributed by atoms with Crippen molar-refractivity contribution in [3.05, 3.63) is 40.6 Å². The lowest BCUT2D eigenvalue weighted by Gasteiger charge is -2.14. The lowest BCUT2D eigenvalue weighted by atomic mass is 10.1. The Morgan fingerprint density at radius 2 is 2.20 bits per heavy atom. The number of halogens is 3. The summed E-state index contributed by atoms with van der Waals surface area (Å²) in [6, 6.07) is 4.84. The first-order valence-corrected chi connectivity index (χ1v) is 10.9. The lowest BCUT2D eigenvalue weighted by molar-refractivity contribution is 0.188. The summed E-state index contributed by atoms with van der Waals surface area (Å²) >= 11 is 4.88. The van der Waals surface area contributed by atoms with Crippen LogP contribution >= 0.6 is 35.3 Å². The van der Waals surface area contributed by atoms with Crippen molar-refractivity contribution in [2.45, 2.75) is 30.6 Å². The monoisotopic (exact) mass is 454 g/mol. The Morgan fingerprint density at radius 3 is 2.80 bits per heavy atom. The van der Waals surface area contributed by atoms with Crippen LogP contribution < -0.4 is 4.52 Å². The zero-order valence-corrected chi connectivity index (χ0v) is 16.7. The fourth-order valence-corrected chi connectivity index (χ4v) is 4.12. The molecule has 1 aromatic heterocycles. The molecular formula is C15H18BrF2N2O3PS. The molecule has 5 nitrogen and oxygen atoms in total. The summed E-state index contributed by atoms with van der Waals surface area (Å²) < 4.78 is 43.0. The topological polar surface area (TPSA) is 64.4 Å². The Bertz CT molecular complexity index is 760. The third-order valence-corrected chi connectivity index (χ3v) is 6.06. The number of thioether (sulfide) groups is 1. The van der Waals surface area contributed by atoms with Crippen molar-refractivity contribution < 1.29 is 22.8 Å². The molecule has 0 spiro atoms. The Hall–Kier alpha value is -0.890. The SMILES string of the molecule is Cn1ccnc1SCCCCc1ccc(OP(=O)(O)C(F)F)c(Br)c1.